The van der Waals surface area contributed by atoms with E-state index in [1.807, 2.05) is 23.6 Å². The number of carbonyl (C=O) groups excluding carboxylic acids is 1. The Morgan fingerprint density at radius 2 is 2.44 bits per heavy atom. The van der Waals surface area contributed by atoms with E-state index in [-0.39, 0.29) is 11.5 Å². The molecular formula is C13H10N2O2S. The second-order valence-corrected chi connectivity index (χ2v) is 4.52. The largest absolute Gasteiger partial charge is 0.472 e. The van der Waals surface area contributed by atoms with Gasteiger partial charge in [-0.05, 0) is 23.6 Å². The van der Waals surface area contributed by atoms with Crippen molar-refractivity contribution >= 4 is 23.3 Å². The zero-order valence-electron chi connectivity index (χ0n) is 9.42. The molecule has 2 aromatic heterocycles. The summed E-state index contributed by atoms with van der Waals surface area (Å²) in [5.41, 5.74) is 0.755. The quantitative estimate of drug-likeness (QED) is 0.677. The van der Waals surface area contributed by atoms with Crippen LogP contribution in [-0.2, 0) is 11.3 Å². The van der Waals surface area contributed by atoms with Gasteiger partial charge in [0.2, 0.25) is 0 Å². The van der Waals surface area contributed by atoms with Crippen molar-refractivity contribution in [2.24, 2.45) is 0 Å². The number of hydrogen-bond acceptors (Lipinski definition) is 4. The molecule has 4 nitrogen and oxygen atoms in total. The smallest absolute Gasteiger partial charge is 0.262 e. The minimum atomic E-state index is -0.382. The van der Waals surface area contributed by atoms with E-state index in [1.54, 1.807) is 17.4 Å². The maximum Gasteiger partial charge on any atom is 0.262 e. The second-order valence-electron chi connectivity index (χ2n) is 3.49. The molecule has 2 heterocycles. The van der Waals surface area contributed by atoms with Gasteiger partial charge in [-0.25, -0.2) is 0 Å². The minimum absolute atomic E-state index is 0.0629. The van der Waals surface area contributed by atoms with Crippen LogP contribution in [0.15, 0.2) is 46.1 Å². The van der Waals surface area contributed by atoms with Crippen LogP contribution >= 0.6 is 11.3 Å². The van der Waals surface area contributed by atoms with E-state index < -0.39 is 0 Å². The van der Waals surface area contributed by atoms with Crippen molar-refractivity contribution in [3.63, 3.8) is 0 Å². The molecule has 0 bridgehead atoms. The van der Waals surface area contributed by atoms with E-state index in [4.69, 9.17) is 9.68 Å². The summed E-state index contributed by atoms with van der Waals surface area (Å²) in [7, 11) is 0. The third-order valence-electron chi connectivity index (χ3n) is 2.22. The molecule has 1 amide bonds. The summed E-state index contributed by atoms with van der Waals surface area (Å²) in [5, 5.41) is 13.6. The van der Waals surface area contributed by atoms with Crippen molar-refractivity contribution in [1.82, 2.24) is 5.32 Å². The Bertz CT molecular complexity index is 577. The lowest BCUT2D eigenvalue weighted by molar-refractivity contribution is -0.117. The van der Waals surface area contributed by atoms with Crippen LogP contribution < -0.4 is 5.32 Å². The van der Waals surface area contributed by atoms with Gasteiger partial charge in [-0.1, -0.05) is 6.07 Å². The van der Waals surface area contributed by atoms with Gasteiger partial charge in [0, 0.05) is 10.4 Å². The zero-order chi connectivity index (χ0) is 12.8. The summed E-state index contributed by atoms with van der Waals surface area (Å²) >= 11 is 1.56. The molecule has 5 heteroatoms. The topological polar surface area (TPSA) is 66.0 Å². The highest BCUT2D eigenvalue weighted by Gasteiger charge is 2.09. The van der Waals surface area contributed by atoms with Crippen LogP contribution in [0.1, 0.15) is 10.4 Å². The van der Waals surface area contributed by atoms with Crippen molar-refractivity contribution < 1.29 is 9.21 Å². The average molecular weight is 258 g/mol. The van der Waals surface area contributed by atoms with Crippen molar-refractivity contribution in [3.8, 4) is 6.07 Å². The number of rotatable bonds is 4. The summed E-state index contributed by atoms with van der Waals surface area (Å²) in [6, 6.07) is 7.41. The monoisotopic (exact) mass is 258 g/mol. The number of thiophene rings is 1. The van der Waals surface area contributed by atoms with Crippen LogP contribution in [0.5, 0.6) is 0 Å². The van der Waals surface area contributed by atoms with Crippen molar-refractivity contribution in [2.45, 2.75) is 6.54 Å². The SMILES string of the molecule is N#CC(=Cc1ccoc1)C(=O)NCc1cccs1. The number of nitrogens with zero attached hydrogens (tertiary/aromatic N) is 1. The van der Waals surface area contributed by atoms with Gasteiger partial charge in [0.05, 0.1) is 19.1 Å². The molecule has 0 saturated heterocycles. The molecule has 0 aromatic carbocycles. The molecule has 0 spiro atoms. The van der Waals surface area contributed by atoms with Gasteiger partial charge in [-0.2, -0.15) is 5.26 Å². The van der Waals surface area contributed by atoms with Crippen LogP contribution in [-0.4, -0.2) is 5.91 Å². The second kappa shape index (κ2) is 5.84. The highest BCUT2D eigenvalue weighted by Crippen LogP contribution is 2.09. The van der Waals surface area contributed by atoms with Gasteiger partial charge < -0.3 is 9.73 Å². The molecule has 0 saturated carbocycles. The van der Waals surface area contributed by atoms with Gasteiger partial charge in [0.15, 0.2) is 0 Å². The first-order chi connectivity index (χ1) is 8.79. The van der Waals surface area contributed by atoms with Crippen LogP contribution in [0.2, 0.25) is 0 Å². The first kappa shape index (κ1) is 12.1. The molecule has 0 atom stereocenters. The number of amides is 1. The molecule has 90 valence electrons. The van der Waals surface area contributed by atoms with E-state index in [2.05, 4.69) is 5.32 Å². The number of nitrogens with one attached hydrogen (secondary N) is 1. The van der Waals surface area contributed by atoms with Crippen molar-refractivity contribution in [2.75, 3.05) is 0 Å². The highest BCUT2D eigenvalue weighted by molar-refractivity contribution is 7.09. The third kappa shape index (κ3) is 3.09. The highest BCUT2D eigenvalue weighted by atomic mass is 32.1. The Morgan fingerprint density at radius 1 is 1.56 bits per heavy atom. The molecule has 2 rings (SSSR count). The van der Waals surface area contributed by atoms with E-state index >= 15 is 0 Å². The summed E-state index contributed by atoms with van der Waals surface area (Å²) in [4.78, 5) is 12.8. The molecule has 18 heavy (non-hydrogen) atoms. The normalized spacial score (nSPS) is 10.9. The lowest BCUT2D eigenvalue weighted by atomic mass is 10.2. The van der Waals surface area contributed by atoms with E-state index in [1.165, 1.54) is 18.6 Å². The predicted octanol–water partition coefficient (Wildman–Crippen LogP) is 2.56. The number of nitriles is 1. The number of hydrogen-bond donors (Lipinski definition) is 1. The van der Waals surface area contributed by atoms with Crippen molar-refractivity contribution in [3.05, 3.63) is 52.1 Å². The van der Waals surface area contributed by atoms with Crippen LogP contribution in [0, 0.1) is 11.3 Å². The number of carbonyl (C=O) groups is 1. The molecule has 0 unspecified atom stereocenters. The van der Waals surface area contributed by atoms with E-state index in [9.17, 15) is 4.79 Å². The summed E-state index contributed by atoms with van der Waals surface area (Å²) < 4.78 is 4.87. The first-order valence-electron chi connectivity index (χ1n) is 5.24. The maximum atomic E-state index is 11.8. The Morgan fingerprint density at radius 3 is 3.06 bits per heavy atom. The molecular weight excluding hydrogens is 248 g/mol. The van der Waals surface area contributed by atoms with Gasteiger partial charge in [0.1, 0.15) is 11.6 Å². The minimum Gasteiger partial charge on any atom is -0.472 e. The van der Waals surface area contributed by atoms with E-state index in [0.29, 0.717) is 12.1 Å². The fourth-order valence-corrected chi connectivity index (χ4v) is 1.99. The van der Waals surface area contributed by atoms with Gasteiger partial charge in [-0.15, -0.1) is 11.3 Å². The lowest BCUT2D eigenvalue weighted by Crippen LogP contribution is -2.23. The standard InChI is InChI=1S/C13H10N2O2S/c14-7-11(6-10-3-4-17-9-10)13(16)15-8-12-2-1-5-18-12/h1-6,9H,8H2,(H,15,16). The van der Waals surface area contributed by atoms with Crippen LogP contribution in [0.25, 0.3) is 6.08 Å². The third-order valence-corrected chi connectivity index (χ3v) is 3.10. The molecule has 0 aliphatic rings. The lowest BCUT2D eigenvalue weighted by Gasteiger charge is -2.01. The predicted molar refractivity (Wildman–Crippen MR) is 68.5 cm³/mol. The summed E-state index contributed by atoms with van der Waals surface area (Å²) in [5.74, 6) is -0.382. The maximum absolute atomic E-state index is 11.8. The Labute approximate surface area is 108 Å². The first-order valence-corrected chi connectivity index (χ1v) is 6.12. The van der Waals surface area contributed by atoms with Gasteiger partial charge in [0.25, 0.3) is 5.91 Å². The number of furan rings is 1. The Hall–Kier alpha value is -2.32. The van der Waals surface area contributed by atoms with E-state index in [0.717, 1.165) is 4.88 Å². The Balaban J connectivity index is 2.00. The van der Waals surface area contributed by atoms with Gasteiger partial charge >= 0.3 is 0 Å². The summed E-state index contributed by atoms with van der Waals surface area (Å²) in [6.07, 6.45) is 4.46. The molecule has 1 N–H and O–H groups in total. The zero-order valence-corrected chi connectivity index (χ0v) is 10.2. The molecule has 0 fully saturated rings. The molecule has 2 aromatic rings. The average Bonchev–Trinajstić information content (AvgIpc) is 3.06. The van der Waals surface area contributed by atoms with Crippen LogP contribution in [0.4, 0.5) is 0 Å². The van der Waals surface area contributed by atoms with Crippen molar-refractivity contribution in [1.29, 1.82) is 5.26 Å². The fraction of sp³-hybridized carbons (Fsp3) is 0.0769. The molecule has 0 radical (unpaired) electrons. The molecule has 0 aliphatic heterocycles. The Kier molecular flexibility index (Phi) is 3.94. The van der Waals surface area contributed by atoms with Gasteiger partial charge in [-0.3, -0.25) is 4.79 Å². The molecule has 0 aliphatic carbocycles. The fourth-order valence-electron chi connectivity index (χ4n) is 1.35. The summed E-state index contributed by atoms with van der Waals surface area (Å²) in [6.45, 7) is 0.431. The van der Waals surface area contributed by atoms with Crippen LogP contribution in [0.3, 0.4) is 0 Å².